The van der Waals surface area contributed by atoms with Crippen molar-refractivity contribution in [1.82, 2.24) is 9.88 Å². The van der Waals surface area contributed by atoms with Crippen LogP contribution >= 0.6 is 22.9 Å². The largest absolute Gasteiger partial charge is 0.486 e. The van der Waals surface area contributed by atoms with Gasteiger partial charge in [0.15, 0.2) is 0 Å². The molecule has 1 aliphatic rings. The van der Waals surface area contributed by atoms with Crippen molar-refractivity contribution >= 4 is 34.8 Å². The SMILES string of the molecule is CCOC(=O)CN(CC1CC1)C(=O)Cc1csc(COc2ccc(Cl)cc2)n1. The first-order chi connectivity index (χ1) is 13.5. The maximum absolute atomic E-state index is 12.7. The van der Waals surface area contributed by atoms with E-state index < -0.39 is 0 Å². The molecule has 1 amide bonds. The van der Waals surface area contributed by atoms with Crippen molar-refractivity contribution in [2.75, 3.05) is 19.7 Å². The van der Waals surface area contributed by atoms with Crippen LogP contribution in [0.2, 0.25) is 5.02 Å². The van der Waals surface area contributed by atoms with Crippen molar-refractivity contribution in [2.24, 2.45) is 5.92 Å². The molecule has 1 heterocycles. The Kier molecular flexibility index (Phi) is 7.28. The number of benzene rings is 1. The van der Waals surface area contributed by atoms with Gasteiger partial charge >= 0.3 is 5.97 Å². The third-order valence-electron chi connectivity index (χ3n) is 4.26. The molecule has 150 valence electrons. The van der Waals surface area contributed by atoms with Crippen molar-refractivity contribution in [3.63, 3.8) is 0 Å². The number of thiazole rings is 1. The zero-order valence-electron chi connectivity index (χ0n) is 15.7. The molecule has 0 radical (unpaired) electrons. The molecule has 0 saturated heterocycles. The van der Waals surface area contributed by atoms with Crippen molar-refractivity contribution < 1.29 is 19.1 Å². The lowest BCUT2D eigenvalue weighted by Gasteiger charge is -2.21. The minimum Gasteiger partial charge on any atom is -0.486 e. The highest BCUT2D eigenvalue weighted by Crippen LogP contribution is 2.30. The van der Waals surface area contributed by atoms with Crippen LogP contribution in [0.25, 0.3) is 0 Å². The average molecular weight is 423 g/mol. The van der Waals surface area contributed by atoms with Gasteiger partial charge in [-0.1, -0.05) is 11.6 Å². The van der Waals surface area contributed by atoms with Gasteiger partial charge in [-0.25, -0.2) is 4.98 Å². The van der Waals surface area contributed by atoms with Gasteiger partial charge in [-0.15, -0.1) is 11.3 Å². The minimum absolute atomic E-state index is 0.000153. The molecule has 1 fully saturated rings. The molecule has 1 aromatic carbocycles. The Labute approximate surface area is 173 Å². The predicted molar refractivity (Wildman–Crippen MR) is 108 cm³/mol. The monoisotopic (exact) mass is 422 g/mol. The number of hydrogen-bond acceptors (Lipinski definition) is 6. The van der Waals surface area contributed by atoms with Crippen molar-refractivity contribution in [3.05, 3.63) is 45.4 Å². The standard InChI is InChI=1S/C20H23ClN2O4S/c1-2-26-20(25)11-23(10-14-3-4-14)19(24)9-16-13-28-18(22-16)12-27-17-7-5-15(21)6-8-17/h5-8,13-14H,2-4,9-12H2,1H3. The molecule has 6 nitrogen and oxygen atoms in total. The lowest BCUT2D eigenvalue weighted by molar-refractivity contribution is -0.148. The third kappa shape index (κ3) is 6.49. The zero-order valence-corrected chi connectivity index (χ0v) is 17.3. The minimum atomic E-state index is -0.369. The molecular formula is C20H23ClN2O4S. The average Bonchev–Trinajstić information content (AvgIpc) is 3.38. The van der Waals surface area contributed by atoms with Gasteiger partial charge in [0, 0.05) is 16.9 Å². The van der Waals surface area contributed by atoms with Gasteiger partial charge in [0.1, 0.15) is 23.9 Å². The normalized spacial score (nSPS) is 13.2. The van der Waals surface area contributed by atoms with Crippen LogP contribution in [0.3, 0.4) is 0 Å². The second-order valence-electron chi connectivity index (χ2n) is 6.67. The number of carbonyl (C=O) groups is 2. The maximum atomic E-state index is 12.7. The second kappa shape index (κ2) is 9.89. The van der Waals surface area contributed by atoms with E-state index in [0.29, 0.717) is 42.1 Å². The molecule has 0 spiro atoms. The number of hydrogen-bond donors (Lipinski definition) is 0. The zero-order chi connectivity index (χ0) is 19.9. The quantitative estimate of drug-likeness (QED) is 0.546. The van der Waals surface area contributed by atoms with Crippen LogP contribution in [0, 0.1) is 5.92 Å². The highest BCUT2D eigenvalue weighted by Gasteiger charge is 2.28. The Morgan fingerprint density at radius 2 is 2.04 bits per heavy atom. The third-order valence-corrected chi connectivity index (χ3v) is 5.38. The molecule has 0 bridgehead atoms. The molecule has 0 N–H and O–H groups in total. The fraction of sp³-hybridized carbons (Fsp3) is 0.450. The summed E-state index contributed by atoms with van der Waals surface area (Å²) in [6.45, 7) is 3.00. The number of nitrogens with zero attached hydrogens (tertiary/aromatic N) is 2. The number of esters is 1. The summed E-state index contributed by atoms with van der Waals surface area (Å²) in [6.07, 6.45) is 2.38. The summed E-state index contributed by atoms with van der Waals surface area (Å²) in [4.78, 5) is 30.6. The molecular weight excluding hydrogens is 400 g/mol. The Hall–Kier alpha value is -2.12. The van der Waals surface area contributed by atoms with E-state index in [1.807, 2.05) is 5.38 Å². The van der Waals surface area contributed by atoms with Crippen LogP contribution in [-0.4, -0.2) is 41.5 Å². The number of aromatic nitrogens is 1. The topological polar surface area (TPSA) is 68.7 Å². The van der Waals surface area contributed by atoms with Crippen molar-refractivity contribution in [3.8, 4) is 5.75 Å². The summed E-state index contributed by atoms with van der Waals surface area (Å²) < 4.78 is 10.7. The predicted octanol–water partition coefficient (Wildman–Crippen LogP) is 3.72. The molecule has 2 aromatic rings. The van der Waals surface area contributed by atoms with Gasteiger partial charge in [0.2, 0.25) is 5.91 Å². The van der Waals surface area contributed by atoms with Crippen LogP contribution in [0.5, 0.6) is 5.75 Å². The van der Waals surface area contributed by atoms with Crippen molar-refractivity contribution in [2.45, 2.75) is 32.8 Å². The smallest absolute Gasteiger partial charge is 0.325 e. The van der Waals surface area contributed by atoms with E-state index in [1.54, 1.807) is 36.1 Å². The van der Waals surface area contributed by atoms with Crippen LogP contribution in [0.4, 0.5) is 0 Å². The van der Waals surface area contributed by atoms with Crippen molar-refractivity contribution in [1.29, 1.82) is 0 Å². The van der Waals surface area contributed by atoms with E-state index in [0.717, 1.165) is 17.8 Å². The van der Waals surface area contributed by atoms with E-state index in [4.69, 9.17) is 21.1 Å². The lowest BCUT2D eigenvalue weighted by Crippen LogP contribution is -2.39. The Morgan fingerprint density at radius 1 is 1.29 bits per heavy atom. The molecule has 8 heteroatoms. The van der Waals surface area contributed by atoms with E-state index in [-0.39, 0.29) is 24.8 Å². The van der Waals surface area contributed by atoms with E-state index in [9.17, 15) is 9.59 Å². The van der Waals surface area contributed by atoms with Crippen LogP contribution in [-0.2, 0) is 27.4 Å². The van der Waals surface area contributed by atoms with Crippen LogP contribution < -0.4 is 4.74 Å². The fourth-order valence-corrected chi connectivity index (χ4v) is 3.50. The second-order valence-corrected chi connectivity index (χ2v) is 8.05. The first-order valence-electron chi connectivity index (χ1n) is 9.28. The molecule has 0 atom stereocenters. The number of ether oxygens (including phenoxy) is 2. The number of rotatable bonds is 10. The fourth-order valence-electron chi connectivity index (χ4n) is 2.67. The van der Waals surface area contributed by atoms with E-state index >= 15 is 0 Å². The highest BCUT2D eigenvalue weighted by atomic mass is 35.5. The molecule has 1 aromatic heterocycles. The van der Waals surface area contributed by atoms with Crippen LogP contribution in [0.15, 0.2) is 29.6 Å². The molecule has 28 heavy (non-hydrogen) atoms. The Bertz CT molecular complexity index is 805. The Balaban J connectivity index is 1.53. The lowest BCUT2D eigenvalue weighted by atomic mass is 10.2. The number of halogens is 1. The van der Waals surface area contributed by atoms with Gasteiger partial charge in [-0.05, 0) is 49.9 Å². The summed E-state index contributed by atoms with van der Waals surface area (Å²) >= 11 is 7.31. The van der Waals surface area contributed by atoms with E-state index in [2.05, 4.69) is 4.98 Å². The first kappa shape index (κ1) is 20.6. The summed E-state index contributed by atoms with van der Waals surface area (Å²) in [7, 11) is 0. The summed E-state index contributed by atoms with van der Waals surface area (Å²) in [6, 6.07) is 7.12. The Morgan fingerprint density at radius 3 is 2.71 bits per heavy atom. The summed E-state index contributed by atoms with van der Waals surface area (Å²) in [5.41, 5.74) is 0.689. The molecule has 1 aliphatic carbocycles. The van der Waals surface area contributed by atoms with Gasteiger partial charge in [0.25, 0.3) is 0 Å². The van der Waals surface area contributed by atoms with Gasteiger partial charge in [0.05, 0.1) is 18.7 Å². The molecule has 0 unspecified atom stereocenters. The number of carbonyl (C=O) groups excluding carboxylic acids is 2. The summed E-state index contributed by atoms with van der Waals surface area (Å²) in [5, 5.41) is 3.30. The first-order valence-corrected chi connectivity index (χ1v) is 10.5. The molecule has 3 rings (SSSR count). The number of amides is 1. The molecule has 1 saturated carbocycles. The summed E-state index contributed by atoms with van der Waals surface area (Å²) in [5.74, 6) is 0.738. The van der Waals surface area contributed by atoms with Crippen LogP contribution in [0.1, 0.15) is 30.5 Å². The highest BCUT2D eigenvalue weighted by molar-refractivity contribution is 7.09. The van der Waals surface area contributed by atoms with Gasteiger partial charge in [-0.3, -0.25) is 9.59 Å². The van der Waals surface area contributed by atoms with Gasteiger partial charge in [-0.2, -0.15) is 0 Å². The van der Waals surface area contributed by atoms with Gasteiger partial charge < -0.3 is 14.4 Å². The maximum Gasteiger partial charge on any atom is 0.325 e. The molecule has 0 aliphatic heterocycles. The van der Waals surface area contributed by atoms with E-state index in [1.165, 1.54) is 11.3 Å².